The smallest absolute Gasteiger partial charge is 0.319 e. The summed E-state index contributed by atoms with van der Waals surface area (Å²) >= 11 is 0. The highest BCUT2D eigenvalue weighted by atomic mass is 16.2. The van der Waals surface area contributed by atoms with Gasteiger partial charge in [-0.25, -0.2) is 9.89 Å². The Morgan fingerprint density at radius 2 is 1.56 bits per heavy atom. The molecule has 8 nitrogen and oxygen atoms in total. The van der Waals surface area contributed by atoms with E-state index in [1.165, 1.54) is 9.96 Å². The van der Waals surface area contributed by atoms with Crippen LogP contribution < -0.4 is 21.1 Å². The average Bonchev–Trinajstić information content (AvgIpc) is 3.25. The molecule has 39 heavy (non-hydrogen) atoms. The van der Waals surface area contributed by atoms with Crippen molar-refractivity contribution in [2.75, 3.05) is 18.8 Å². The number of hydrogen-bond acceptors (Lipinski definition) is 5. The van der Waals surface area contributed by atoms with Gasteiger partial charge in [-0.15, -0.1) is 9.38 Å². The van der Waals surface area contributed by atoms with Crippen LogP contribution in [-0.4, -0.2) is 32.8 Å². The van der Waals surface area contributed by atoms with E-state index in [0.29, 0.717) is 12.2 Å². The molecule has 5 aromatic rings. The van der Waals surface area contributed by atoms with Crippen LogP contribution in [0.4, 0.5) is 5.95 Å². The number of aromatic nitrogens is 5. The molecule has 0 radical (unpaired) electrons. The van der Waals surface area contributed by atoms with Crippen LogP contribution in [-0.2, 0) is 13.0 Å². The minimum atomic E-state index is -0.204. The summed E-state index contributed by atoms with van der Waals surface area (Å²) in [6.45, 7) is 6.38. The number of rotatable bonds is 6. The predicted octanol–water partition coefficient (Wildman–Crippen LogP) is 3.85. The molecule has 1 fully saturated rings. The summed E-state index contributed by atoms with van der Waals surface area (Å²) in [5, 5.41) is 6.97. The minimum absolute atomic E-state index is 0.0632. The van der Waals surface area contributed by atoms with Gasteiger partial charge in [-0.2, -0.15) is 4.68 Å². The molecule has 0 spiro atoms. The highest BCUT2D eigenvalue weighted by Crippen LogP contribution is 2.36. The van der Waals surface area contributed by atoms with Gasteiger partial charge >= 0.3 is 11.6 Å². The molecule has 1 aliphatic rings. The van der Waals surface area contributed by atoms with E-state index in [1.807, 2.05) is 62.4 Å². The highest BCUT2D eigenvalue weighted by Gasteiger charge is 2.36. The number of nitrogens with one attached hydrogen (secondary N) is 2. The second-order valence-corrected chi connectivity index (χ2v) is 10.8. The number of aromatic amines is 1. The van der Waals surface area contributed by atoms with Crippen LogP contribution in [0.2, 0.25) is 0 Å². The number of hydrogen-bond donors (Lipinski definition) is 3. The Bertz CT molecular complexity index is 1660. The van der Waals surface area contributed by atoms with E-state index in [1.54, 1.807) is 4.68 Å². The number of nitrogen functional groups attached to an aromatic ring is 1. The lowest BCUT2D eigenvalue weighted by atomic mass is 9.74. The number of fused-ring (bicyclic) bond motifs is 1. The molecule has 1 saturated heterocycles. The lowest BCUT2D eigenvalue weighted by Crippen LogP contribution is -2.48. The maximum Gasteiger partial charge on any atom is 0.428 e. The maximum atomic E-state index is 13.9. The van der Waals surface area contributed by atoms with Crippen molar-refractivity contribution in [3.8, 4) is 22.4 Å². The number of nitrogens with zero attached hydrogens (tertiary/aromatic N) is 4. The van der Waals surface area contributed by atoms with Gasteiger partial charge in [0.2, 0.25) is 5.65 Å². The van der Waals surface area contributed by atoms with Crippen molar-refractivity contribution in [2.45, 2.75) is 39.7 Å². The molecule has 0 atom stereocenters. The molecule has 0 unspecified atom stereocenters. The zero-order valence-electron chi connectivity index (χ0n) is 22.4. The second kappa shape index (κ2) is 10.1. The Morgan fingerprint density at radius 3 is 2.23 bits per heavy atom. The molecule has 1 aliphatic heterocycles. The SMILES string of the molecule is Cc1cc(-c2c(-c3ccccc3)nc(N)[n+]3c(=O)n(CC4(Cc5ccccc5)CCNCC4)[nH]c23)cc(C)n1. The summed E-state index contributed by atoms with van der Waals surface area (Å²) < 4.78 is 3.25. The second-order valence-electron chi connectivity index (χ2n) is 10.8. The number of H-pyrrole nitrogens is 1. The first kappa shape index (κ1) is 25.0. The number of anilines is 1. The first-order chi connectivity index (χ1) is 18.9. The van der Waals surface area contributed by atoms with Crippen LogP contribution in [0.15, 0.2) is 77.6 Å². The Labute approximate surface area is 227 Å². The van der Waals surface area contributed by atoms with E-state index in [4.69, 9.17) is 10.7 Å². The van der Waals surface area contributed by atoms with Gasteiger partial charge < -0.3 is 11.1 Å². The summed E-state index contributed by atoms with van der Waals surface area (Å²) in [4.78, 5) is 23.3. The Hall–Kier alpha value is -4.30. The largest absolute Gasteiger partial charge is 0.428 e. The van der Waals surface area contributed by atoms with Crippen molar-refractivity contribution in [1.82, 2.24) is 25.1 Å². The summed E-state index contributed by atoms with van der Waals surface area (Å²) in [6, 6.07) is 24.6. The third kappa shape index (κ3) is 4.83. The van der Waals surface area contributed by atoms with Gasteiger partial charge in [-0.3, -0.25) is 4.98 Å². The molecule has 2 aromatic carbocycles. The van der Waals surface area contributed by atoms with Gasteiger partial charge in [0.25, 0.3) is 0 Å². The summed E-state index contributed by atoms with van der Waals surface area (Å²) in [5.41, 5.74) is 13.4. The highest BCUT2D eigenvalue weighted by molar-refractivity contribution is 5.88. The fraction of sp³-hybridized carbons (Fsp3) is 0.290. The monoisotopic (exact) mass is 520 g/mol. The third-order valence-corrected chi connectivity index (χ3v) is 7.81. The topological polar surface area (TPSA) is 106 Å². The molecule has 0 bridgehead atoms. The Balaban J connectivity index is 1.55. The van der Waals surface area contributed by atoms with Crippen molar-refractivity contribution >= 4 is 11.6 Å². The van der Waals surface area contributed by atoms with Crippen LogP contribution in [0, 0.1) is 19.3 Å². The third-order valence-electron chi connectivity index (χ3n) is 7.81. The van der Waals surface area contributed by atoms with Gasteiger partial charge in [0, 0.05) is 22.4 Å². The quantitative estimate of drug-likeness (QED) is 0.295. The van der Waals surface area contributed by atoms with E-state index >= 15 is 0 Å². The van der Waals surface area contributed by atoms with Crippen molar-refractivity contribution in [1.29, 1.82) is 0 Å². The van der Waals surface area contributed by atoms with Crippen LogP contribution in [0.5, 0.6) is 0 Å². The number of piperidine rings is 1. The molecule has 0 saturated carbocycles. The molecule has 0 amide bonds. The first-order valence-electron chi connectivity index (χ1n) is 13.5. The van der Waals surface area contributed by atoms with Crippen LogP contribution in [0.3, 0.4) is 0 Å². The number of benzene rings is 2. The predicted molar refractivity (Wildman–Crippen MR) is 153 cm³/mol. The molecule has 198 valence electrons. The van der Waals surface area contributed by atoms with Crippen molar-refractivity contribution in [2.24, 2.45) is 5.41 Å². The van der Waals surface area contributed by atoms with Crippen molar-refractivity contribution in [3.63, 3.8) is 0 Å². The standard InChI is InChI=1S/C31H33N7O/c1-21-17-25(18-22(2)34-21)26-27(24-11-7-4-8-12-24)35-29(32)38-28(26)36-37(30(38)39)20-31(13-15-33-16-14-31)19-23-9-5-3-6-10-23/h3-12,17-18,33H,13-16,19-20H2,1-2H3,(H2,32,34,35,36)/p+1. The molecule has 4 N–H and O–H groups in total. The molecule has 8 heteroatoms. The van der Waals surface area contributed by atoms with Crippen molar-refractivity contribution in [3.05, 3.63) is 100 Å². The fourth-order valence-electron chi connectivity index (χ4n) is 6.03. The molecule has 4 heterocycles. The zero-order valence-corrected chi connectivity index (χ0v) is 22.4. The van der Waals surface area contributed by atoms with E-state index in [-0.39, 0.29) is 17.1 Å². The first-order valence-corrected chi connectivity index (χ1v) is 13.5. The van der Waals surface area contributed by atoms with E-state index in [9.17, 15) is 4.79 Å². The zero-order chi connectivity index (χ0) is 27.0. The van der Waals surface area contributed by atoms with Crippen LogP contribution in [0.25, 0.3) is 28.0 Å². The van der Waals surface area contributed by atoms with Gasteiger partial charge in [0.1, 0.15) is 5.69 Å². The fourth-order valence-corrected chi connectivity index (χ4v) is 6.03. The van der Waals surface area contributed by atoms with Crippen LogP contribution >= 0.6 is 0 Å². The van der Waals surface area contributed by atoms with Crippen molar-refractivity contribution < 1.29 is 4.40 Å². The van der Waals surface area contributed by atoms with Gasteiger partial charge in [0.15, 0.2) is 0 Å². The Kier molecular flexibility index (Phi) is 6.48. The van der Waals surface area contributed by atoms with Gasteiger partial charge in [-0.05, 0) is 69.5 Å². The summed E-state index contributed by atoms with van der Waals surface area (Å²) in [7, 11) is 0. The van der Waals surface area contributed by atoms with Crippen LogP contribution in [0.1, 0.15) is 29.8 Å². The molecular weight excluding hydrogens is 486 g/mol. The summed E-state index contributed by atoms with van der Waals surface area (Å²) in [5.74, 6) is 0.164. The number of pyridine rings is 1. The molecule has 6 rings (SSSR count). The van der Waals surface area contributed by atoms with E-state index < -0.39 is 0 Å². The average molecular weight is 521 g/mol. The Morgan fingerprint density at radius 1 is 0.923 bits per heavy atom. The lowest BCUT2D eigenvalue weighted by Gasteiger charge is -2.36. The van der Waals surface area contributed by atoms with E-state index in [0.717, 1.165) is 66.1 Å². The molecule has 3 aromatic heterocycles. The van der Waals surface area contributed by atoms with Gasteiger partial charge in [0.05, 0.1) is 12.1 Å². The summed E-state index contributed by atoms with van der Waals surface area (Å²) in [6.07, 6.45) is 2.86. The normalized spacial score (nSPS) is 15.0. The number of nitrogens with two attached hydrogens (primary N) is 1. The van der Waals surface area contributed by atoms with Gasteiger partial charge in [-0.1, -0.05) is 60.7 Å². The minimum Gasteiger partial charge on any atom is -0.319 e. The molecular formula is C31H34N7O+. The molecule has 0 aliphatic carbocycles. The van der Waals surface area contributed by atoms with E-state index in [2.05, 4.69) is 39.7 Å². The number of aryl methyl sites for hydroxylation is 2. The lowest BCUT2D eigenvalue weighted by molar-refractivity contribution is -0.517. The maximum absolute atomic E-state index is 13.9.